The van der Waals surface area contributed by atoms with E-state index in [1.165, 1.54) is 0 Å². The van der Waals surface area contributed by atoms with E-state index in [1.807, 2.05) is 23.1 Å². The molecule has 1 aromatic carbocycles. The number of rotatable bonds is 4. The van der Waals surface area contributed by atoms with Gasteiger partial charge in [-0.05, 0) is 37.4 Å². The van der Waals surface area contributed by atoms with Crippen LogP contribution in [0.15, 0.2) is 30.3 Å². The van der Waals surface area contributed by atoms with Crippen LogP contribution < -0.4 is 10.6 Å². The summed E-state index contributed by atoms with van der Waals surface area (Å²) in [6, 6.07) is 9.37. The summed E-state index contributed by atoms with van der Waals surface area (Å²) in [4.78, 5) is 42.7. The minimum absolute atomic E-state index is 0.126. The zero-order valence-electron chi connectivity index (χ0n) is 16.7. The largest absolute Gasteiger partial charge is 0.481 e. The number of benzene rings is 1. The second-order valence-electron chi connectivity index (χ2n) is 8.68. The van der Waals surface area contributed by atoms with Crippen LogP contribution in [0.1, 0.15) is 12.8 Å². The van der Waals surface area contributed by atoms with Gasteiger partial charge in [-0.25, -0.2) is 0 Å². The molecule has 3 aliphatic rings. The summed E-state index contributed by atoms with van der Waals surface area (Å²) in [5, 5.41) is 9.83. The van der Waals surface area contributed by atoms with E-state index >= 15 is 0 Å². The van der Waals surface area contributed by atoms with Crippen LogP contribution in [0.2, 0.25) is 0 Å². The Morgan fingerprint density at radius 2 is 1.72 bits per heavy atom. The summed E-state index contributed by atoms with van der Waals surface area (Å²) in [6.45, 7) is 3.11. The first-order valence-electron chi connectivity index (χ1n) is 10.1. The molecule has 0 aromatic heterocycles. The number of nitrogens with two attached hydrogens (primary N) is 1. The highest BCUT2D eigenvalue weighted by molar-refractivity contribution is 5.89. The highest BCUT2D eigenvalue weighted by atomic mass is 16.4. The molecule has 1 saturated carbocycles. The fourth-order valence-electron chi connectivity index (χ4n) is 5.26. The lowest BCUT2D eigenvalue weighted by Gasteiger charge is -2.44. The minimum Gasteiger partial charge on any atom is -0.481 e. The Hall–Kier alpha value is -2.61. The van der Waals surface area contributed by atoms with Crippen molar-refractivity contribution in [2.24, 2.45) is 23.0 Å². The first-order valence-corrected chi connectivity index (χ1v) is 10.1. The first-order chi connectivity index (χ1) is 13.8. The summed E-state index contributed by atoms with van der Waals surface area (Å²) in [5.41, 5.74) is 6.21. The summed E-state index contributed by atoms with van der Waals surface area (Å²) in [7, 11) is 1.79. The second-order valence-corrected chi connectivity index (χ2v) is 8.68. The molecular weight excluding hydrogens is 372 g/mol. The molecule has 2 heterocycles. The minimum atomic E-state index is -0.979. The highest BCUT2D eigenvalue weighted by Gasteiger charge is 2.63. The van der Waals surface area contributed by atoms with Crippen LogP contribution in [0, 0.1) is 17.3 Å². The Bertz CT molecular complexity index is 808. The fourth-order valence-corrected chi connectivity index (χ4v) is 5.26. The average molecular weight is 400 g/mol. The number of amides is 2. The third-order valence-electron chi connectivity index (χ3n) is 6.86. The van der Waals surface area contributed by atoms with Gasteiger partial charge >= 0.3 is 5.97 Å². The van der Waals surface area contributed by atoms with E-state index in [0.29, 0.717) is 32.5 Å². The van der Waals surface area contributed by atoms with Gasteiger partial charge in [0.15, 0.2) is 0 Å². The number of carbonyl (C=O) groups is 3. The summed E-state index contributed by atoms with van der Waals surface area (Å²) < 4.78 is 0. The third-order valence-corrected chi connectivity index (χ3v) is 6.86. The van der Waals surface area contributed by atoms with E-state index in [2.05, 4.69) is 17.0 Å². The van der Waals surface area contributed by atoms with Crippen molar-refractivity contribution in [2.45, 2.75) is 18.9 Å². The quantitative estimate of drug-likeness (QED) is 0.749. The molecule has 4 rings (SSSR count). The Labute approximate surface area is 170 Å². The summed E-state index contributed by atoms with van der Waals surface area (Å²) >= 11 is 0. The SMILES string of the molecule is CN1CC2(CC(C(=O)O)C1C(=O)N1CCN(c3ccccc3)CC1)CC2C(N)=O. The van der Waals surface area contributed by atoms with Crippen molar-refractivity contribution in [3.05, 3.63) is 30.3 Å². The predicted octanol–water partition coefficient (Wildman–Crippen LogP) is 0.232. The van der Waals surface area contributed by atoms with Crippen molar-refractivity contribution in [3.8, 4) is 0 Å². The van der Waals surface area contributed by atoms with Crippen molar-refractivity contribution in [1.82, 2.24) is 9.80 Å². The van der Waals surface area contributed by atoms with Gasteiger partial charge in [-0.2, -0.15) is 0 Å². The standard InChI is InChI=1S/C21H28N4O4/c1-23-13-21(12-16(21)18(22)26)11-15(20(28)29)17(23)19(27)25-9-7-24(8-10-25)14-5-3-2-4-6-14/h2-6,15-17H,7-13H2,1H3,(H2,22,26)(H,28,29). The molecule has 1 aliphatic carbocycles. The van der Waals surface area contributed by atoms with Crippen LogP contribution >= 0.6 is 0 Å². The Balaban J connectivity index is 1.44. The van der Waals surface area contributed by atoms with Crippen LogP contribution in [-0.4, -0.2) is 78.5 Å². The van der Waals surface area contributed by atoms with Gasteiger partial charge < -0.3 is 20.6 Å². The molecule has 0 bridgehead atoms. The maximum absolute atomic E-state index is 13.3. The number of hydrogen-bond donors (Lipinski definition) is 2. The van der Waals surface area contributed by atoms with Gasteiger partial charge in [0.1, 0.15) is 6.04 Å². The van der Waals surface area contributed by atoms with Gasteiger partial charge in [0, 0.05) is 44.3 Å². The number of carboxylic acid groups (broad SMARTS) is 1. The molecule has 3 fully saturated rings. The topological polar surface area (TPSA) is 107 Å². The molecular formula is C21H28N4O4. The predicted molar refractivity (Wildman–Crippen MR) is 107 cm³/mol. The zero-order valence-corrected chi connectivity index (χ0v) is 16.7. The Morgan fingerprint density at radius 1 is 1.07 bits per heavy atom. The van der Waals surface area contributed by atoms with Crippen LogP contribution in [0.4, 0.5) is 5.69 Å². The number of primary amides is 1. The van der Waals surface area contributed by atoms with Gasteiger partial charge in [-0.15, -0.1) is 0 Å². The highest BCUT2D eigenvalue weighted by Crippen LogP contribution is 2.59. The van der Waals surface area contributed by atoms with E-state index in [1.54, 1.807) is 11.9 Å². The molecule has 156 valence electrons. The van der Waals surface area contributed by atoms with Crippen LogP contribution in [0.5, 0.6) is 0 Å². The smallest absolute Gasteiger partial charge is 0.308 e. The van der Waals surface area contributed by atoms with Crippen molar-refractivity contribution < 1.29 is 19.5 Å². The van der Waals surface area contributed by atoms with E-state index in [-0.39, 0.29) is 23.1 Å². The zero-order chi connectivity index (χ0) is 20.8. The van der Waals surface area contributed by atoms with Crippen molar-refractivity contribution in [1.29, 1.82) is 0 Å². The first kappa shape index (κ1) is 19.7. The third kappa shape index (κ3) is 3.57. The molecule has 29 heavy (non-hydrogen) atoms. The van der Waals surface area contributed by atoms with Crippen LogP contribution in [0.25, 0.3) is 0 Å². The normalized spacial score (nSPS) is 32.2. The molecule has 8 nitrogen and oxygen atoms in total. The number of hydrogen-bond acceptors (Lipinski definition) is 5. The number of carbonyl (C=O) groups excluding carboxylic acids is 2. The van der Waals surface area contributed by atoms with E-state index in [0.717, 1.165) is 18.8 Å². The number of likely N-dealkylation sites (tertiary alicyclic amines) is 1. The lowest BCUT2D eigenvalue weighted by Crippen LogP contribution is -2.60. The molecule has 0 radical (unpaired) electrons. The van der Waals surface area contributed by atoms with Crippen LogP contribution in [-0.2, 0) is 14.4 Å². The Kier molecular flexibility index (Phi) is 4.98. The number of piperidine rings is 1. The number of anilines is 1. The van der Waals surface area contributed by atoms with Crippen LogP contribution in [0.3, 0.4) is 0 Å². The molecule has 4 unspecified atom stereocenters. The molecule has 2 saturated heterocycles. The van der Waals surface area contributed by atoms with E-state index in [9.17, 15) is 19.5 Å². The van der Waals surface area contributed by atoms with Crippen molar-refractivity contribution >= 4 is 23.5 Å². The molecule has 4 atom stereocenters. The molecule has 2 amide bonds. The molecule has 2 aliphatic heterocycles. The van der Waals surface area contributed by atoms with Gasteiger partial charge in [-0.3, -0.25) is 19.3 Å². The Morgan fingerprint density at radius 3 is 2.28 bits per heavy atom. The number of para-hydroxylation sites is 1. The maximum Gasteiger partial charge on any atom is 0.308 e. The number of likely N-dealkylation sites (N-methyl/N-ethyl adjacent to an activating group) is 1. The van der Waals surface area contributed by atoms with Crippen molar-refractivity contribution in [2.75, 3.05) is 44.7 Å². The number of nitrogens with zero attached hydrogens (tertiary/aromatic N) is 3. The average Bonchev–Trinajstić information content (AvgIpc) is 3.41. The van der Waals surface area contributed by atoms with E-state index in [4.69, 9.17) is 5.73 Å². The number of aliphatic carboxylic acids is 1. The lowest BCUT2D eigenvalue weighted by molar-refractivity contribution is -0.156. The molecule has 8 heteroatoms. The van der Waals surface area contributed by atoms with Crippen molar-refractivity contribution in [3.63, 3.8) is 0 Å². The number of carboxylic acids is 1. The van der Waals surface area contributed by atoms with Gasteiger partial charge in [0.25, 0.3) is 0 Å². The van der Waals surface area contributed by atoms with Gasteiger partial charge in [-0.1, -0.05) is 18.2 Å². The lowest BCUT2D eigenvalue weighted by atomic mass is 9.79. The summed E-state index contributed by atoms with van der Waals surface area (Å²) in [6.07, 6.45) is 0.952. The van der Waals surface area contributed by atoms with Gasteiger partial charge in [0.05, 0.1) is 5.92 Å². The maximum atomic E-state index is 13.3. The number of piperazine rings is 1. The molecule has 1 spiro atoms. The summed E-state index contributed by atoms with van der Waals surface area (Å²) in [5.74, 6) is -2.58. The van der Waals surface area contributed by atoms with E-state index < -0.39 is 17.9 Å². The fraction of sp³-hybridized carbons (Fsp3) is 0.571. The second kappa shape index (κ2) is 7.33. The van der Waals surface area contributed by atoms with Gasteiger partial charge in [0.2, 0.25) is 11.8 Å². The molecule has 3 N–H and O–H groups in total. The molecule has 1 aromatic rings. The monoisotopic (exact) mass is 400 g/mol.